The monoisotopic (exact) mass is 255 g/mol. The maximum Gasteiger partial charge on any atom is 0.269 e. The minimum atomic E-state index is -0.388. The summed E-state index contributed by atoms with van der Waals surface area (Å²) < 4.78 is 0. The highest BCUT2D eigenvalue weighted by Gasteiger charge is 2.11. The van der Waals surface area contributed by atoms with Crippen molar-refractivity contribution in [2.75, 3.05) is 0 Å². The lowest BCUT2D eigenvalue weighted by molar-refractivity contribution is -0.384. The van der Waals surface area contributed by atoms with Crippen molar-refractivity contribution < 1.29 is 4.92 Å². The lowest BCUT2D eigenvalue weighted by Crippen LogP contribution is -2.08. The third-order valence-corrected chi connectivity index (χ3v) is 3.29. The summed E-state index contributed by atoms with van der Waals surface area (Å²) in [6, 6.07) is 6.62. The minimum absolute atomic E-state index is 0.103. The van der Waals surface area contributed by atoms with Gasteiger partial charge in [-0.3, -0.25) is 10.1 Å². The molecule has 0 radical (unpaired) electrons. The van der Waals surface area contributed by atoms with E-state index in [2.05, 4.69) is 13.8 Å². The van der Waals surface area contributed by atoms with E-state index in [1.165, 1.54) is 12.1 Å². The Balaban J connectivity index is 2.54. The molecule has 1 aromatic rings. The van der Waals surface area contributed by atoms with Gasteiger partial charge in [-0.2, -0.15) is 0 Å². The summed E-state index contributed by atoms with van der Waals surface area (Å²) >= 11 is 6.26. The normalized spacial score (nSPS) is 14.3. The predicted molar refractivity (Wildman–Crippen MR) is 70.5 cm³/mol. The molecule has 0 N–H and O–H groups in total. The summed E-state index contributed by atoms with van der Waals surface area (Å²) in [5.74, 6) is 0.621. The fraction of sp³-hybridized carbons (Fsp3) is 0.538. The van der Waals surface area contributed by atoms with Crippen molar-refractivity contribution in [3.8, 4) is 0 Å². The van der Waals surface area contributed by atoms with E-state index < -0.39 is 0 Å². The number of hydrogen-bond acceptors (Lipinski definition) is 2. The molecule has 0 heterocycles. The average molecular weight is 256 g/mol. The summed E-state index contributed by atoms with van der Waals surface area (Å²) in [6.45, 7) is 4.34. The van der Waals surface area contributed by atoms with Crippen molar-refractivity contribution in [2.24, 2.45) is 5.92 Å². The first-order valence-corrected chi connectivity index (χ1v) is 6.34. The van der Waals surface area contributed by atoms with E-state index in [0.717, 1.165) is 24.8 Å². The third kappa shape index (κ3) is 4.73. The van der Waals surface area contributed by atoms with Crippen molar-refractivity contribution in [2.45, 2.75) is 38.5 Å². The highest BCUT2D eigenvalue weighted by Crippen LogP contribution is 2.20. The van der Waals surface area contributed by atoms with Gasteiger partial charge in [0.05, 0.1) is 4.92 Å². The molecule has 17 heavy (non-hydrogen) atoms. The predicted octanol–water partition coefficient (Wildman–Crippen LogP) is 4.18. The van der Waals surface area contributed by atoms with Crippen molar-refractivity contribution in [1.29, 1.82) is 0 Å². The lowest BCUT2D eigenvalue weighted by Gasteiger charge is -2.13. The zero-order chi connectivity index (χ0) is 12.8. The molecule has 0 bridgehead atoms. The van der Waals surface area contributed by atoms with Crippen LogP contribution in [0.4, 0.5) is 5.69 Å². The zero-order valence-corrected chi connectivity index (χ0v) is 11.0. The molecule has 3 nitrogen and oxygen atoms in total. The fourth-order valence-electron chi connectivity index (χ4n) is 1.70. The molecule has 4 heteroatoms. The number of halogens is 1. The summed E-state index contributed by atoms with van der Waals surface area (Å²) in [6.07, 6.45) is 2.88. The van der Waals surface area contributed by atoms with Crippen LogP contribution in [0.15, 0.2) is 24.3 Å². The van der Waals surface area contributed by atoms with Crippen LogP contribution in [0, 0.1) is 16.0 Å². The summed E-state index contributed by atoms with van der Waals surface area (Å²) in [5.41, 5.74) is 1.18. The second-order valence-electron chi connectivity index (χ2n) is 4.47. The average Bonchev–Trinajstić information content (AvgIpc) is 2.29. The molecule has 1 rings (SSSR count). The first kappa shape index (κ1) is 14.0. The number of hydrogen-bond donors (Lipinski definition) is 0. The molecule has 94 valence electrons. The molecule has 0 aromatic heterocycles. The van der Waals surface area contributed by atoms with Gasteiger partial charge in [0.2, 0.25) is 0 Å². The van der Waals surface area contributed by atoms with Gasteiger partial charge in [-0.1, -0.05) is 32.4 Å². The lowest BCUT2D eigenvalue weighted by atomic mass is 9.98. The Morgan fingerprint density at radius 3 is 2.41 bits per heavy atom. The summed E-state index contributed by atoms with van der Waals surface area (Å²) in [7, 11) is 0. The smallest absolute Gasteiger partial charge is 0.258 e. The van der Waals surface area contributed by atoms with Crippen LogP contribution in [0.3, 0.4) is 0 Å². The number of rotatable bonds is 6. The molecular formula is C13H18ClNO2. The molecular weight excluding hydrogens is 238 g/mol. The highest BCUT2D eigenvalue weighted by molar-refractivity contribution is 6.20. The maximum atomic E-state index is 10.5. The second-order valence-corrected chi connectivity index (χ2v) is 5.09. The molecule has 0 aliphatic carbocycles. The van der Waals surface area contributed by atoms with Crippen LogP contribution < -0.4 is 0 Å². The van der Waals surface area contributed by atoms with E-state index >= 15 is 0 Å². The van der Waals surface area contributed by atoms with E-state index in [1.54, 1.807) is 12.1 Å². The largest absolute Gasteiger partial charge is 0.269 e. The molecule has 2 unspecified atom stereocenters. The van der Waals surface area contributed by atoms with E-state index in [9.17, 15) is 10.1 Å². The number of nitro groups is 1. The van der Waals surface area contributed by atoms with Gasteiger partial charge in [0.1, 0.15) is 0 Å². The molecule has 0 spiro atoms. The Labute approximate surface area is 107 Å². The quantitative estimate of drug-likeness (QED) is 0.435. The van der Waals surface area contributed by atoms with Crippen LogP contribution in [-0.2, 0) is 6.42 Å². The Morgan fingerprint density at radius 2 is 1.94 bits per heavy atom. The molecule has 0 saturated carbocycles. The second kappa shape index (κ2) is 6.60. The molecule has 0 aliphatic heterocycles. The van der Waals surface area contributed by atoms with Crippen molar-refractivity contribution >= 4 is 17.3 Å². The SMILES string of the molecule is CCC(C)CC(Cl)Cc1ccc([N+](=O)[O-])cc1. The van der Waals surface area contributed by atoms with Gasteiger partial charge >= 0.3 is 0 Å². The first-order chi connectivity index (χ1) is 8.02. The van der Waals surface area contributed by atoms with E-state index in [0.29, 0.717) is 5.92 Å². The maximum absolute atomic E-state index is 10.5. The number of non-ortho nitro benzene ring substituents is 1. The number of benzene rings is 1. The summed E-state index contributed by atoms with van der Waals surface area (Å²) in [4.78, 5) is 10.1. The van der Waals surface area contributed by atoms with Gasteiger partial charge in [0, 0.05) is 17.5 Å². The van der Waals surface area contributed by atoms with Gasteiger partial charge in [0.25, 0.3) is 5.69 Å². The van der Waals surface area contributed by atoms with Gasteiger partial charge in [0.15, 0.2) is 0 Å². The van der Waals surface area contributed by atoms with Crippen LogP contribution in [0.25, 0.3) is 0 Å². The summed E-state index contributed by atoms with van der Waals surface area (Å²) in [5, 5.41) is 10.6. The molecule has 1 aromatic carbocycles. The van der Waals surface area contributed by atoms with Crippen molar-refractivity contribution in [3.63, 3.8) is 0 Å². The topological polar surface area (TPSA) is 43.1 Å². The van der Waals surface area contributed by atoms with Crippen molar-refractivity contribution in [1.82, 2.24) is 0 Å². The van der Waals surface area contributed by atoms with E-state index in [1.807, 2.05) is 0 Å². The Morgan fingerprint density at radius 1 is 1.35 bits per heavy atom. The Bertz CT molecular complexity index is 364. The molecule has 0 saturated heterocycles. The van der Waals surface area contributed by atoms with Crippen LogP contribution in [-0.4, -0.2) is 10.3 Å². The Kier molecular flexibility index (Phi) is 5.42. The fourth-order valence-corrected chi connectivity index (χ4v) is 2.18. The van der Waals surface area contributed by atoms with Crippen LogP contribution in [0.2, 0.25) is 0 Å². The number of nitrogens with zero attached hydrogens (tertiary/aromatic N) is 1. The third-order valence-electron chi connectivity index (χ3n) is 2.96. The van der Waals surface area contributed by atoms with Crippen LogP contribution in [0.1, 0.15) is 32.3 Å². The molecule has 0 amide bonds. The van der Waals surface area contributed by atoms with Gasteiger partial charge < -0.3 is 0 Å². The standard InChI is InChI=1S/C13H18ClNO2/c1-3-10(2)8-12(14)9-11-4-6-13(7-5-11)15(16)17/h4-7,10,12H,3,8-9H2,1-2H3. The number of alkyl halides is 1. The van der Waals surface area contributed by atoms with Gasteiger partial charge in [-0.25, -0.2) is 0 Å². The molecule has 2 atom stereocenters. The minimum Gasteiger partial charge on any atom is -0.258 e. The van der Waals surface area contributed by atoms with Crippen LogP contribution >= 0.6 is 11.6 Å². The van der Waals surface area contributed by atoms with E-state index in [4.69, 9.17) is 11.6 Å². The van der Waals surface area contributed by atoms with Gasteiger partial charge in [-0.15, -0.1) is 11.6 Å². The van der Waals surface area contributed by atoms with Crippen molar-refractivity contribution in [3.05, 3.63) is 39.9 Å². The zero-order valence-electron chi connectivity index (χ0n) is 10.2. The van der Waals surface area contributed by atoms with E-state index in [-0.39, 0.29) is 16.0 Å². The molecule has 0 fully saturated rings. The van der Waals surface area contributed by atoms with Crippen LogP contribution in [0.5, 0.6) is 0 Å². The number of nitro benzene ring substituents is 1. The molecule has 0 aliphatic rings. The Hall–Kier alpha value is -1.09. The van der Waals surface area contributed by atoms with Gasteiger partial charge in [-0.05, 0) is 24.3 Å². The first-order valence-electron chi connectivity index (χ1n) is 5.90. The highest BCUT2D eigenvalue weighted by atomic mass is 35.5.